The highest BCUT2D eigenvalue weighted by atomic mass is 32.2. The third-order valence-corrected chi connectivity index (χ3v) is 5.03. The molecule has 2 nitrogen and oxygen atoms in total. The fraction of sp³-hybridized carbons (Fsp3) is 0.600. The average Bonchev–Trinajstić information content (AvgIpc) is 3.23. The third-order valence-electron chi connectivity index (χ3n) is 3.68. The zero-order valence-corrected chi connectivity index (χ0v) is 11.7. The second-order valence-electron chi connectivity index (χ2n) is 5.30. The first-order valence-corrected chi connectivity index (χ1v) is 7.97. The summed E-state index contributed by atoms with van der Waals surface area (Å²) in [5.74, 6) is 0. The Morgan fingerprint density at radius 1 is 1.11 bits per heavy atom. The molecule has 3 heteroatoms. The van der Waals surface area contributed by atoms with Gasteiger partial charge in [-0.3, -0.25) is 0 Å². The van der Waals surface area contributed by atoms with Crippen molar-refractivity contribution in [2.24, 2.45) is 0 Å². The summed E-state index contributed by atoms with van der Waals surface area (Å²) < 4.78 is 0. The van der Waals surface area contributed by atoms with Gasteiger partial charge in [-0.05, 0) is 37.0 Å². The fourth-order valence-corrected chi connectivity index (χ4v) is 3.38. The summed E-state index contributed by atoms with van der Waals surface area (Å²) in [7, 11) is 0. The SMILES string of the molecule is c1cc(SC2CC2)ccc1CCN1CCNCC1. The van der Waals surface area contributed by atoms with Crippen LogP contribution in [0.15, 0.2) is 29.2 Å². The van der Waals surface area contributed by atoms with E-state index in [4.69, 9.17) is 0 Å². The van der Waals surface area contributed by atoms with Crippen LogP contribution in [0.3, 0.4) is 0 Å². The van der Waals surface area contributed by atoms with E-state index in [0.717, 1.165) is 18.3 Å². The molecule has 1 saturated heterocycles. The van der Waals surface area contributed by atoms with E-state index in [1.165, 1.54) is 49.4 Å². The van der Waals surface area contributed by atoms with Gasteiger partial charge in [-0.15, -0.1) is 11.8 Å². The lowest BCUT2D eigenvalue weighted by atomic mass is 10.1. The summed E-state index contributed by atoms with van der Waals surface area (Å²) in [6.07, 6.45) is 4.01. The van der Waals surface area contributed by atoms with Crippen molar-refractivity contribution in [3.05, 3.63) is 29.8 Å². The van der Waals surface area contributed by atoms with Crippen molar-refractivity contribution < 1.29 is 0 Å². The highest BCUT2D eigenvalue weighted by molar-refractivity contribution is 8.00. The predicted molar refractivity (Wildman–Crippen MR) is 78.3 cm³/mol. The van der Waals surface area contributed by atoms with Crippen LogP contribution in [0, 0.1) is 0 Å². The lowest BCUT2D eigenvalue weighted by molar-refractivity contribution is 0.244. The summed E-state index contributed by atoms with van der Waals surface area (Å²) in [5.41, 5.74) is 1.48. The summed E-state index contributed by atoms with van der Waals surface area (Å²) in [6, 6.07) is 9.23. The Kier molecular flexibility index (Phi) is 4.24. The first-order chi connectivity index (χ1) is 8.90. The largest absolute Gasteiger partial charge is 0.314 e. The van der Waals surface area contributed by atoms with Gasteiger partial charge in [0.05, 0.1) is 0 Å². The Bertz CT molecular complexity index is 367. The van der Waals surface area contributed by atoms with Gasteiger partial charge < -0.3 is 10.2 Å². The summed E-state index contributed by atoms with van der Waals surface area (Å²) >= 11 is 2.05. The zero-order chi connectivity index (χ0) is 12.2. The quantitative estimate of drug-likeness (QED) is 0.877. The molecule has 1 saturated carbocycles. The molecular formula is C15H22N2S. The normalized spacial score (nSPS) is 21.1. The van der Waals surface area contributed by atoms with Crippen LogP contribution in [0.1, 0.15) is 18.4 Å². The number of thioether (sulfide) groups is 1. The number of nitrogens with one attached hydrogen (secondary N) is 1. The number of nitrogens with zero attached hydrogens (tertiary/aromatic N) is 1. The molecule has 1 heterocycles. The third kappa shape index (κ3) is 3.74. The van der Waals surface area contributed by atoms with E-state index < -0.39 is 0 Å². The molecule has 0 radical (unpaired) electrons. The van der Waals surface area contributed by atoms with E-state index in [1.54, 1.807) is 0 Å². The Hall–Kier alpha value is -0.510. The Morgan fingerprint density at radius 2 is 1.83 bits per heavy atom. The molecule has 1 aliphatic heterocycles. The molecule has 0 bridgehead atoms. The molecule has 0 atom stereocenters. The topological polar surface area (TPSA) is 15.3 Å². The van der Waals surface area contributed by atoms with Crippen molar-refractivity contribution in [1.82, 2.24) is 10.2 Å². The number of hydrogen-bond acceptors (Lipinski definition) is 3. The molecule has 18 heavy (non-hydrogen) atoms. The number of rotatable bonds is 5. The first kappa shape index (κ1) is 12.5. The zero-order valence-electron chi connectivity index (χ0n) is 10.9. The van der Waals surface area contributed by atoms with Gasteiger partial charge in [0.25, 0.3) is 0 Å². The molecule has 1 aliphatic carbocycles. The smallest absolute Gasteiger partial charge is 0.0108 e. The Morgan fingerprint density at radius 3 is 2.50 bits per heavy atom. The molecule has 0 aromatic heterocycles. The van der Waals surface area contributed by atoms with Gasteiger partial charge in [0.2, 0.25) is 0 Å². The lowest BCUT2D eigenvalue weighted by Gasteiger charge is -2.27. The average molecular weight is 262 g/mol. The van der Waals surface area contributed by atoms with Crippen molar-refractivity contribution in [1.29, 1.82) is 0 Å². The molecular weight excluding hydrogens is 240 g/mol. The van der Waals surface area contributed by atoms with E-state index in [1.807, 2.05) is 11.8 Å². The minimum atomic E-state index is 0.914. The van der Waals surface area contributed by atoms with Crippen molar-refractivity contribution >= 4 is 11.8 Å². The van der Waals surface area contributed by atoms with Crippen molar-refractivity contribution in [2.45, 2.75) is 29.4 Å². The van der Waals surface area contributed by atoms with Gasteiger partial charge in [-0.25, -0.2) is 0 Å². The van der Waals surface area contributed by atoms with Gasteiger partial charge in [-0.1, -0.05) is 12.1 Å². The summed E-state index contributed by atoms with van der Waals surface area (Å²) in [5, 5.41) is 4.31. The van der Waals surface area contributed by atoms with Crippen LogP contribution in [0.4, 0.5) is 0 Å². The van der Waals surface area contributed by atoms with E-state index in [2.05, 4.69) is 34.5 Å². The second-order valence-corrected chi connectivity index (χ2v) is 6.68. The maximum Gasteiger partial charge on any atom is 0.0108 e. The first-order valence-electron chi connectivity index (χ1n) is 7.09. The van der Waals surface area contributed by atoms with Gasteiger partial charge in [0.1, 0.15) is 0 Å². The molecule has 1 aromatic rings. The molecule has 1 aromatic carbocycles. The number of hydrogen-bond donors (Lipinski definition) is 1. The van der Waals surface area contributed by atoms with E-state index in [0.29, 0.717) is 0 Å². The summed E-state index contributed by atoms with van der Waals surface area (Å²) in [4.78, 5) is 4.01. The molecule has 0 spiro atoms. The molecule has 1 N–H and O–H groups in total. The van der Waals surface area contributed by atoms with Crippen LogP contribution in [0.2, 0.25) is 0 Å². The second kappa shape index (κ2) is 6.09. The minimum absolute atomic E-state index is 0.914. The van der Waals surface area contributed by atoms with Crippen LogP contribution in [0.25, 0.3) is 0 Å². The minimum Gasteiger partial charge on any atom is -0.314 e. The van der Waals surface area contributed by atoms with Crippen LogP contribution in [-0.2, 0) is 6.42 Å². The number of benzene rings is 1. The lowest BCUT2D eigenvalue weighted by Crippen LogP contribution is -2.44. The monoisotopic (exact) mass is 262 g/mol. The highest BCUT2D eigenvalue weighted by Crippen LogP contribution is 2.38. The maximum absolute atomic E-state index is 3.40. The summed E-state index contributed by atoms with van der Waals surface area (Å²) in [6.45, 7) is 5.91. The molecule has 0 unspecified atom stereocenters. The maximum atomic E-state index is 3.40. The van der Waals surface area contributed by atoms with E-state index in [-0.39, 0.29) is 0 Å². The van der Waals surface area contributed by atoms with E-state index >= 15 is 0 Å². The van der Waals surface area contributed by atoms with Gasteiger partial charge in [0.15, 0.2) is 0 Å². The Balaban J connectivity index is 1.46. The van der Waals surface area contributed by atoms with Gasteiger partial charge >= 0.3 is 0 Å². The van der Waals surface area contributed by atoms with Crippen LogP contribution < -0.4 is 5.32 Å². The van der Waals surface area contributed by atoms with E-state index in [9.17, 15) is 0 Å². The van der Waals surface area contributed by atoms with Gasteiger partial charge in [0, 0.05) is 42.9 Å². The van der Waals surface area contributed by atoms with Crippen molar-refractivity contribution in [3.8, 4) is 0 Å². The highest BCUT2D eigenvalue weighted by Gasteiger charge is 2.22. The van der Waals surface area contributed by atoms with Crippen LogP contribution in [0.5, 0.6) is 0 Å². The fourth-order valence-electron chi connectivity index (χ4n) is 2.33. The molecule has 0 amide bonds. The number of piperazine rings is 1. The van der Waals surface area contributed by atoms with Crippen LogP contribution in [-0.4, -0.2) is 42.9 Å². The molecule has 98 valence electrons. The van der Waals surface area contributed by atoms with Gasteiger partial charge in [-0.2, -0.15) is 0 Å². The molecule has 2 aliphatic rings. The Labute approximate surface area is 114 Å². The molecule has 2 fully saturated rings. The van der Waals surface area contributed by atoms with Crippen molar-refractivity contribution in [2.75, 3.05) is 32.7 Å². The predicted octanol–water partition coefficient (Wildman–Crippen LogP) is 2.39. The van der Waals surface area contributed by atoms with Crippen LogP contribution >= 0.6 is 11.8 Å². The standard InChI is InChI=1S/C15H22N2S/c1-3-14(18-15-5-6-15)4-2-13(1)7-10-17-11-8-16-9-12-17/h1-4,15-16H,5-12H2. The molecule has 3 rings (SSSR count). The van der Waals surface area contributed by atoms with Crippen molar-refractivity contribution in [3.63, 3.8) is 0 Å².